The van der Waals surface area contributed by atoms with Gasteiger partial charge in [0.05, 0.1) is 11.1 Å². The Morgan fingerprint density at radius 2 is 1.42 bits per heavy atom. The first-order chi connectivity index (χ1) is 16.0. The molecule has 4 amide bonds. The van der Waals surface area contributed by atoms with E-state index in [2.05, 4.69) is 5.32 Å². The molecule has 1 unspecified atom stereocenters. The van der Waals surface area contributed by atoms with E-state index in [-0.39, 0.29) is 30.2 Å². The third-order valence-electron chi connectivity index (χ3n) is 6.79. The van der Waals surface area contributed by atoms with Gasteiger partial charge < -0.3 is 10.2 Å². The number of piperidine rings is 1. The largest absolute Gasteiger partial charge is 0.351 e. The normalized spacial score (nSPS) is 19.4. The molecule has 1 atom stereocenters. The number of amides is 4. The Morgan fingerprint density at radius 1 is 0.848 bits per heavy atom. The van der Waals surface area contributed by atoms with Gasteiger partial charge in [-0.05, 0) is 43.4 Å². The molecule has 33 heavy (non-hydrogen) atoms. The second kappa shape index (κ2) is 8.81. The summed E-state index contributed by atoms with van der Waals surface area (Å²) in [6.07, 6.45) is 3.56. The van der Waals surface area contributed by atoms with Gasteiger partial charge in [0.1, 0.15) is 6.04 Å². The van der Waals surface area contributed by atoms with Gasteiger partial charge in [-0.3, -0.25) is 24.1 Å². The monoisotopic (exact) mass is 445 g/mol. The number of carbonyl (C=O) groups excluding carboxylic acids is 4. The number of hydrogen-bond acceptors (Lipinski definition) is 4. The zero-order valence-electron chi connectivity index (χ0n) is 18.4. The molecule has 2 aromatic carbocycles. The highest BCUT2D eigenvalue weighted by Gasteiger charge is 2.43. The van der Waals surface area contributed by atoms with Crippen LogP contribution in [0.5, 0.6) is 0 Å². The van der Waals surface area contributed by atoms with E-state index in [1.807, 2.05) is 35.2 Å². The van der Waals surface area contributed by atoms with Gasteiger partial charge in [-0.1, -0.05) is 42.5 Å². The van der Waals surface area contributed by atoms with Crippen molar-refractivity contribution in [2.75, 3.05) is 13.1 Å². The van der Waals surface area contributed by atoms with Gasteiger partial charge >= 0.3 is 0 Å². The molecule has 0 aromatic heterocycles. The van der Waals surface area contributed by atoms with Gasteiger partial charge in [0.15, 0.2) is 0 Å². The molecule has 2 aromatic rings. The number of imide groups is 1. The van der Waals surface area contributed by atoms with E-state index in [0.717, 1.165) is 23.3 Å². The molecule has 1 saturated carbocycles. The molecule has 170 valence electrons. The number of fused-ring (bicyclic) bond motifs is 1. The minimum absolute atomic E-state index is 0.0887. The van der Waals surface area contributed by atoms with E-state index < -0.39 is 17.9 Å². The number of nitrogens with zero attached hydrogens (tertiary/aromatic N) is 2. The minimum atomic E-state index is -0.939. The lowest BCUT2D eigenvalue weighted by Gasteiger charge is -2.34. The van der Waals surface area contributed by atoms with Crippen molar-refractivity contribution in [2.24, 2.45) is 5.92 Å². The van der Waals surface area contributed by atoms with Crippen molar-refractivity contribution in [1.82, 2.24) is 15.1 Å². The number of nitrogens with one attached hydrogen (secondary N) is 1. The molecule has 5 rings (SSSR count). The Hall–Kier alpha value is -3.48. The summed E-state index contributed by atoms with van der Waals surface area (Å²) in [4.78, 5) is 55.0. The lowest BCUT2D eigenvalue weighted by molar-refractivity contribution is -0.133. The van der Waals surface area contributed by atoms with Crippen molar-refractivity contribution in [1.29, 1.82) is 0 Å². The Morgan fingerprint density at radius 3 is 2.00 bits per heavy atom. The maximum absolute atomic E-state index is 13.4. The summed E-state index contributed by atoms with van der Waals surface area (Å²) in [5.41, 5.74) is 1.54. The molecule has 0 spiro atoms. The molecular weight excluding hydrogens is 418 g/mol. The molecule has 2 aliphatic heterocycles. The first-order valence-corrected chi connectivity index (χ1v) is 11.6. The van der Waals surface area contributed by atoms with E-state index in [0.29, 0.717) is 37.1 Å². The van der Waals surface area contributed by atoms with E-state index >= 15 is 0 Å². The SMILES string of the molecule is O=C(NC1CCN(C(=O)C2CC2)CC1)C(Cc1ccccc1)N1C(=O)c2ccccc2C1=O. The van der Waals surface area contributed by atoms with Gasteiger partial charge in [-0.2, -0.15) is 0 Å². The van der Waals surface area contributed by atoms with Gasteiger partial charge in [-0.25, -0.2) is 0 Å². The Balaban J connectivity index is 1.32. The average molecular weight is 446 g/mol. The lowest BCUT2D eigenvalue weighted by atomic mass is 10.0. The van der Waals surface area contributed by atoms with E-state index in [9.17, 15) is 19.2 Å². The van der Waals surface area contributed by atoms with Crippen LogP contribution in [0.3, 0.4) is 0 Å². The molecule has 1 saturated heterocycles. The van der Waals surface area contributed by atoms with Crippen molar-refractivity contribution >= 4 is 23.6 Å². The highest BCUT2D eigenvalue weighted by atomic mass is 16.2. The van der Waals surface area contributed by atoms with Crippen molar-refractivity contribution < 1.29 is 19.2 Å². The summed E-state index contributed by atoms with van der Waals surface area (Å²) in [5, 5.41) is 3.07. The fourth-order valence-electron chi connectivity index (χ4n) is 4.76. The van der Waals surface area contributed by atoms with Gasteiger partial charge in [-0.15, -0.1) is 0 Å². The van der Waals surface area contributed by atoms with Crippen molar-refractivity contribution in [3.05, 3.63) is 71.3 Å². The molecule has 2 heterocycles. The van der Waals surface area contributed by atoms with Crippen LogP contribution in [0, 0.1) is 5.92 Å². The van der Waals surface area contributed by atoms with Crippen LogP contribution in [0.15, 0.2) is 54.6 Å². The summed E-state index contributed by atoms with van der Waals surface area (Å²) < 4.78 is 0. The molecule has 1 aliphatic carbocycles. The second-order valence-electron chi connectivity index (χ2n) is 9.11. The van der Waals surface area contributed by atoms with Crippen LogP contribution in [0.4, 0.5) is 0 Å². The minimum Gasteiger partial charge on any atom is -0.351 e. The smallest absolute Gasteiger partial charge is 0.262 e. The third kappa shape index (κ3) is 4.27. The first-order valence-electron chi connectivity index (χ1n) is 11.6. The second-order valence-corrected chi connectivity index (χ2v) is 9.11. The molecule has 0 radical (unpaired) electrons. The molecule has 7 nitrogen and oxygen atoms in total. The zero-order valence-corrected chi connectivity index (χ0v) is 18.4. The summed E-state index contributed by atoms with van der Waals surface area (Å²) in [6.45, 7) is 1.24. The topological polar surface area (TPSA) is 86.8 Å². The third-order valence-corrected chi connectivity index (χ3v) is 6.79. The summed E-state index contributed by atoms with van der Waals surface area (Å²) in [5.74, 6) is -0.777. The molecular formula is C26H27N3O4. The van der Waals surface area contributed by atoms with Gasteiger partial charge in [0, 0.05) is 31.5 Å². The Labute approximate surface area is 192 Å². The summed E-state index contributed by atoms with van der Waals surface area (Å²) in [7, 11) is 0. The predicted octanol–water partition coefficient (Wildman–Crippen LogP) is 2.41. The number of hydrogen-bond donors (Lipinski definition) is 1. The standard InChI is InChI=1S/C26H27N3O4/c30-23(27-19-12-14-28(15-13-19)24(31)18-10-11-18)22(16-17-6-2-1-3-7-17)29-25(32)20-8-4-5-9-21(20)26(29)33/h1-9,18-19,22H,10-16H2,(H,27,30). The zero-order chi connectivity index (χ0) is 22.9. The molecule has 7 heteroatoms. The fraction of sp³-hybridized carbons (Fsp3) is 0.385. The van der Waals surface area contributed by atoms with Crippen LogP contribution in [-0.2, 0) is 16.0 Å². The molecule has 3 aliphatic rings. The molecule has 1 N–H and O–H groups in total. The number of rotatable bonds is 6. The lowest BCUT2D eigenvalue weighted by Crippen LogP contribution is -2.54. The van der Waals surface area contributed by atoms with Gasteiger partial charge in [0.2, 0.25) is 11.8 Å². The number of benzene rings is 2. The molecule has 0 bridgehead atoms. The first kappa shape index (κ1) is 21.4. The number of likely N-dealkylation sites (tertiary alicyclic amines) is 1. The fourth-order valence-corrected chi connectivity index (χ4v) is 4.76. The Kier molecular flexibility index (Phi) is 5.70. The van der Waals surface area contributed by atoms with E-state index in [1.54, 1.807) is 24.3 Å². The maximum Gasteiger partial charge on any atom is 0.262 e. The van der Waals surface area contributed by atoms with Crippen LogP contribution >= 0.6 is 0 Å². The average Bonchev–Trinajstić information content (AvgIpc) is 3.66. The van der Waals surface area contributed by atoms with Gasteiger partial charge in [0.25, 0.3) is 11.8 Å². The van der Waals surface area contributed by atoms with Crippen molar-refractivity contribution in [3.8, 4) is 0 Å². The van der Waals surface area contributed by atoms with Crippen LogP contribution in [0.25, 0.3) is 0 Å². The van der Waals surface area contributed by atoms with Crippen LogP contribution in [-0.4, -0.2) is 58.6 Å². The van der Waals surface area contributed by atoms with Crippen molar-refractivity contribution in [3.63, 3.8) is 0 Å². The highest BCUT2D eigenvalue weighted by molar-refractivity contribution is 6.22. The molecule has 2 fully saturated rings. The van der Waals surface area contributed by atoms with Crippen LogP contribution in [0.1, 0.15) is 52.0 Å². The van der Waals surface area contributed by atoms with E-state index in [1.165, 1.54) is 0 Å². The van der Waals surface area contributed by atoms with Crippen molar-refractivity contribution in [2.45, 2.75) is 44.2 Å². The quantitative estimate of drug-likeness (QED) is 0.692. The summed E-state index contributed by atoms with van der Waals surface area (Å²) >= 11 is 0. The van der Waals surface area contributed by atoms with E-state index in [4.69, 9.17) is 0 Å². The maximum atomic E-state index is 13.4. The highest BCUT2D eigenvalue weighted by Crippen LogP contribution is 2.32. The number of carbonyl (C=O) groups is 4. The Bertz CT molecular complexity index is 1050. The summed E-state index contributed by atoms with van der Waals surface area (Å²) in [6, 6.07) is 15.1. The predicted molar refractivity (Wildman–Crippen MR) is 121 cm³/mol. The van der Waals surface area contributed by atoms with Crippen LogP contribution < -0.4 is 5.32 Å². The van der Waals surface area contributed by atoms with Crippen LogP contribution in [0.2, 0.25) is 0 Å².